The number of guanidine groups is 1. The van der Waals surface area contributed by atoms with Gasteiger partial charge in [0.25, 0.3) is 0 Å². The molecule has 0 amide bonds. The van der Waals surface area contributed by atoms with Crippen molar-refractivity contribution in [1.29, 1.82) is 0 Å². The average molecular weight is 507 g/mol. The van der Waals surface area contributed by atoms with E-state index in [1.54, 1.807) is 11.3 Å². The number of aliphatic imine (C=N–C) groups is 1. The van der Waals surface area contributed by atoms with E-state index in [-0.39, 0.29) is 29.5 Å². The van der Waals surface area contributed by atoms with Crippen molar-refractivity contribution in [3.05, 3.63) is 15.6 Å². The predicted octanol–water partition coefficient (Wildman–Crippen LogP) is 2.73. The van der Waals surface area contributed by atoms with E-state index in [1.807, 2.05) is 7.05 Å². The summed E-state index contributed by atoms with van der Waals surface area (Å²) < 4.78 is 5.64. The first kappa shape index (κ1) is 22.8. The maximum atomic E-state index is 5.64. The van der Waals surface area contributed by atoms with Crippen LogP contribution in [0.3, 0.4) is 0 Å². The minimum Gasteiger partial charge on any atom is -0.381 e. The predicted molar refractivity (Wildman–Crippen MR) is 124 cm³/mol. The molecule has 2 saturated heterocycles. The van der Waals surface area contributed by atoms with Crippen molar-refractivity contribution >= 4 is 41.3 Å². The Bertz CT molecular complexity index is 590. The molecule has 0 radical (unpaired) electrons. The molecule has 6 nitrogen and oxygen atoms in total. The number of hydrogen-bond acceptors (Lipinski definition) is 5. The lowest BCUT2D eigenvalue weighted by atomic mass is 9.88. The van der Waals surface area contributed by atoms with Gasteiger partial charge in [0.15, 0.2) is 5.96 Å². The van der Waals surface area contributed by atoms with Crippen molar-refractivity contribution < 1.29 is 4.74 Å². The summed E-state index contributed by atoms with van der Waals surface area (Å²) in [6.45, 7) is 10.2. The van der Waals surface area contributed by atoms with Crippen LogP contribution < -0.4 is 10.6 Å². The molecule has 1 aromatic heterocycles. The van der Waals surface area contributed by atoms with Gasteiger partial charge in [0, 0.05) is 50.2 Å². The Balaban J connectivity index is 0.00000261. The van der Waals surface area contributed by atoms with E-state index in [4.69, 9.17) is 4.74 Å². The fourth-order valence-electron chi connectivity index (χ4n) is 3.95. The topological polar surface area (TPSA) is 61.8 Å². The fourth-order valence-corrected chi connectivity index (χ4v) is 4.88. The normalized spacial score (nSPS) is 20.3. The van der Waals surface area contributed by atoms with Crippen LogP contribution in [0.2, 0.25) is 0 Å². The highest BCUT2D eigenvalue weighted by Crippen LogP contribution is 2.30. The van der Waals surface area contributed by atoms with E-state index < -0.39 is 0 Å². The van der Waals surface area contributed by atoms with Gasteiger partial charge in [-0.2, -0.15) is 0 Å². The third-order valence-corrected chi connectivity index (χ3v) is 6.85. The molecule has 2 aliphatic rings. The number of aromatic nitrogens is 1. The monoisotopic (exact) mass is 507 g/mol. The lowest BCUT2D eigenvalue weighted by Crippen LogP contribution is -2.58. The molecule has 8 heteroatoms. The molecular formula is C19H34IN5OS. The number of thiazole rings is 1. The molecule has 2 fully saturated rings. The van der Waals surface area contributed by atoms with Crippen LogP contribution in [-0.2, 0) is 11.2 Å². The van der Waals surface area contributed by atoms with Gasteiger partial charge < -0.3 is 15.4 Å². The van der Waals surface area contributed by atoms with E-state index >= 15 is 0 Å². The highest BCUT2D eigenvalue weighted by Gasteiger charge is 2.39. The third kappa shape index (κ3) is 6.01. The molecular weight excluding hydrogens is 473 g/mol. The van der Waals surface area contributed by atoms with Crippen LogP contribution in [0.15, 0.2) is 4.99 Å². The van der Waals surface area contributed by atoms with Crippen molar-refractivity contribution in [3.8, 4) is 0 Å². The number of rotatable bonds is 6. The molecule has 27 heavy (non-hydrogen) atoms. The zero-order chi connectivity index (χ0) is 18.4. The molecule has 0 spiro atoms. The second-order valence-electron chi connectivity index (χ2n) is 7.38. The zero-order valence-corrected chi connectivity index (χ0v) is 20.0. The maximum Gasteiger partial charge on any atom is 0.191 e. The number of halogens is 1. The largest absolute Gasteiger partial charge is 0.381 e. The average Bonchev–Trinajstić information content (AvgIpc) is 3.30. The lowest BCUT2D eigenvalue weighted by molar-refractivity contribution is -0.0164. The summed E-state index contributed by atoms with van der Waals surface area (Å²) in [7, 11) is 1.85. The number of hydrogen-bond donors (Lipinski definition) is 2. The second kappa shape index (κ2) is 10.9. The first-order chi connectivity index (χ1) is 12.6. The quantitative estimate of drug-likeness (QED) is 0.352. The molecule has 2 N–H and O–H groups in total. The Morgan fingerprint density at radius 1 is 1.22 bits per heavy atom. The summed E-state index contributed by atoms with van der Waals surface area (Å²) in [4.78, 5) is 13.0. The number of aryl methyl sites for hydroxylation is 2. The lowest BCUT2D eigenvalue weighted by Gasteiger charge is -2.45. The van der Waals surface area contributed by atoms with Crippen molar-refractivity contribution in [2.24, 2.45) is 4.99 Å². The molecule has 0 aromatic carbocycles. The van der Waals surface area contributed by atoms with Crippen LogP contribution in [0.25, 0.3) is 0 Å². The van der Waals surface area contributed by atoms with E-state index in [0.29, 0.717) is 0 Å². The Morgan fingerprint density at radius 3 is 2.52 bits per heavy atom. The first-order valence-corrected chi connectivity index (χ1v) is 10.6. The highest BCUT2D eigenvalue weighted by molar-refractivity contribution is 14.0. The number of nitrogens with zero attached hydrogens (tertiary/aromatic N) is 3. The van der Waals surface area contributed by atoms with Gasteiger partial charge in [-0.3, -0.25) is 9.89 Å². The summed E-state index contributed by atoms with van der Waals surface area (Å²) in [5.41, 5.74) is 1.37. The minimum absolute atomic E-state index is 0. The molecule has 154 valence electrons. The molecule has 0 saturated carbocycles. The van der Waals surface area contributed by atoms with Gasteiger partial charge in [0.05, 0.1) is 10.7 Å². The highest BCUT2D eigenvalue weighted by atomic mass is 127. The van der Waals surface area contributed by atoms with Crippen LogP contribution >= 0.6 is 35.3 Å². The summed E-state index contributed by atoms with van der Waals surface area (Å²) in [6, 6.07) is 0. The van der Waals surface area contributed by atoms with Crippen LogP contribution in [0.1, 0.15) is 41.3 Å². The minimum atomic E-state index is 0. The summed E-state index contributed by atoms with van der Waals surface area (Å²) >= 11 is 1.79. The number of likely N-dealkylation sites (tertiary alicyclic amines) is 1. The fraction of sp³-hybridized carbons (Fsp3) is 0.789. The SMILES string of the molecule is CN=C(NCCc1nc(C)c(C)s1)NCC1(N2CCCC2)CCOCC1.I. The van der Waals surface area contributed by atoms with Crippen molar-refractivity contribution in [1.82, 2.24) is 20.5 Å². The summed E-state index contributed by atoms with van der Waals surface area (Å²) in [5.74, 6) is 0.889. The Kier molecular flexibility index (Phi) is 9.24. The van der Waals surface area contributed by atoms with Gasteiger partial charge in [0.2, 0.25) is 0 Å². The molecule has 0 unspecified atom stereocenters. The van der Waals surface area contributed by atoms with Crippen LogP contribution in [0.5, 0.6) is 0 Å². The molecule has 1 aromatic rings. The van der Waals surface area contributed by atoms with Gasteiger partial charge in [0.1, 0.15) is 0 Å². The summed E-state index contributed by atoms with van der Waals surface area (Å²) in [6.07, 6.45) is 5.79. The molecule has 2 aliphatic heterocycles. The van der Waals surface area contributed by atoms with Crippen LogP contribution in [-0.4, -0.2) is 67.8 Å². The third-order valence-electron chi connectivity index (χ3n) is 5.71. The second-order valence-corrected chi connectivity index (χ2v) is 8.67. The van der Waals surface area contributed by atoms with Gasteiger partial charge in [-0.05, 0) is 52.6 Å². The van der Waals surface area contributed by atoms with E-state index in [9.17, 15) is 0 Å². The van der Waals surface area contributed by atoms with Crippen molar-refractivity contribution in [3.63, 3.8) is 0 Å². The first-order valence-electron chi connectivity index (χ1n) is 9.83. The van der Waals surface area contributed by atoms with Gasteiger partial charge in [-0.25, -0.2) is 4.98 Å². The van der Waals surface area contributed by atoms with Crippen LogP contribution in [0, 0.1) is 13.8 Å². The maximum absolute atomic E-state index is 5.64. The Labute approximate surface area is 184 Å². The molecule has 0 aliphatic carbocycles. The summed E-state index contributed by atoms with van der Waals surface area (Å²) in [5, 5.41) is 8.23. The standard InChI is InChI=1S/C19H33N5OS.HI/c1-15-16(2)26-17(23-15)6-9-21-18(20-3)22-14-19(7-12-25-13-8-19)24-10-4-5-11-24;/h4-14H2,1-3H3,(H2,20,21,22);1H. The Morgan fingerprint density at radius 2 is 1.93 bits per heavy atom. The number of nitrogens with one attached hydrogen (secondary N) is 2. The number of ether oxygens (including phenoxy) is 1. The van der Waals surface area contributed by atoms with E-state index in [1.165, 1.54) is 35.8 Å². The van der Waals surface area contributed by atoms with Crippen molar-refractivity contribution in [2.45, 2.75) is 51.5 Å². The van der Waals surface area contributed by atoms with Gasteiger partial charge in [-0.1, -0.05) is 0 Å². The van der Waals surface area contributed by atoms with E-state index in [2.05, 4.69) is 39.4 Å². The van der Waals surface area contributed by atoms with Crippen molar-refractivity contribution in [2.75, 3.05) is 46.4 Å². The van der Waals surface area contributed by atoms with Crippen LogP contribution in [0.4, 0.5) is 0 Å². The molecule has 3 heterocycles. The van der Waals surface area contributed by atoms with Gasteiger partial charge in [-0.15, -0.1) is 35.3 Å². The van der Waals surface area contributed by atoms with E-state index in [0.717, 1.165) is 57.2 Å². The van der Waals surface area contributed by atoms with Gasteiger partial charge >= 0.3 is 0 Å². The molecule has 0 bridgehead atoms. The Hall–Kier alpha value is -0.450. The molecule has 3 rings (SSSR count). The zero-order valence-electron chi connectivity index (χ0n) is 16.8. The smallest absolute Gasteiger partial charge is 0.191 e. The molecule has 0 atom stereocenters.